The van der Waals surface area contributed by atoms with Gasteiger partial charge in [-0.2, -0.15) is 0 Å². The maximum atomic E-state index is 12.6. The summed E-state index contributed by atoms with van der Waals surface area (Å²) >= 11 is 0. The van der Waals surface area contributed by atoms with Crippen LogP contribution in [-0.4, -0.2) is 56.6 Å². The minimum absolute atomic E-state index is 0.134. The van der Waals surface area contributed by atoms with Gasteiger partial charge in [0, 0.05) is 18.8 Å². The molecular formula is C23H26N2O5. The molecule has 2 rings (SSSR count). The molecule has 0 heterocycles. The number of carbonyl (C=O) groups excluding carboxylic acids is 3. The van der Waals surface area contributed by atoms with E-state index in [1.54, 1.807) is 6.08 Å². The van der Waals surface area contributed by atoms with Crippen molar-refractivity contribution < 1.29 is 23.9 Å². The van der Waals surface area contributed by atoms with Crippen LogP contribution in [0.4, 0.5) is 5.69 Å². The van der Waals surface area contributed by atoms with Gasteiger partial charge < -0.3 is 14.8 Å². The van der Waals surface area contributed by atoms with E-state index < -0.39 is 11.9 Å². The minimum Gasteiger partial charge on any atom is -0.465 e. The maximum absolute atomic E-state index is 12.6. The number of hydrogen-bond acceptors (Lipinski definition) is 6. The van der Waals surface area contributed by atoms with Crippen LogP contribution >= 0.6 is 0 Å². The van der Waals surface area contributed by atoms with Crippen LogP contribution < -0.4 is 5.32 Å². The Hall–Kier alpha value is -3.45. The number of rotatable bonds is 10. The van der Waals surface area contributed by atoms with E-state index in [1.807, 2.05) is 35.2 Å². The zero-order chi connectivity index (χ0) is 21.9. The third-order valence-corrected chi connectivity index (χ3v) is 4.37. The number of carbonyl (C=O) groups is 3. The predicted octanol–water partition coefficient (Wildman–Crippen LogP) is 2.93. The summed E-state index contributed by atoms with van der Waals surface area (Å²) in [5, 5.41) is 2.74. The van der Waals surface area contributed by atoms with Crippen molar-refractivity contribution in [1.29, 1.82) is 0 Å². The van der Waals surface area contributed by atoms with Crippen molar-refractivity contribution in [3.8, 4) is 0 Å². The Labute approximate surface area is 176 Å². The number of methoxy groups -OCH3 is 2. The van der Waals surface area contributed by atoms with Crippen LogP contribution in [0.1, 0.15) is 26.3 Å². The second-order valence-electron chi connectivity index (χ2n) is 6.59. The summed E-state index contributed by atoms with van der Waals surface area (Å²) in [5.74, 6) is -1.51. The van der Waals surface area contributed by atoms with E-state index in [-0.39, 0.29) is 23.6 Å². The van der Waals surface area contributed by atoms with E-state index in [1.165, 1.54) is 38.0 Å². The van der Waals surface area contributed by atoms with Crippen LogP contribution in [-0.2, 0) is 20.7 Å². The molecule has 1 amide bonds. The molecule has 0 saturated carbocycles. The maximum Gasteiger partial charge on any atom is 0.337 e. The predicted molar refractivity (Wildman–Crippen MR) is 115 cm³/mol. The van der Waals surface area contributed by atoms with Crippen LogP contribution in [0, 0.1) is 0 Å². The summed E-state index contributed by atoms with van der Waals surface area (Å²) in [7, 11) is 2.48. The van der Waals surface area contributed by atoms with Gasteiger partial charge in [0.05, 0.1) is 31.9 Å². The SMILES string of the molecule is C=CCN(CCc1ccccc1)CC(=O)Nc1cc(C(=O)OC)cc(C(=O)OC)c1. The lowest BCUT2D eigenvalue weighted by Gasteiger charge is -2.20. The minimum atomic E-state index is -0.618. The number of esters is 2. The fourth-order valence-electron chi connectivity index (χ4n) is 2.92. The zero-order valence-corrected chi connectivity index (χ0v) is 17.2. The fraction of sp³-hybridized carbons (Fsp3) is 0.261. The first-order valence-corrected chi connectivity index (χ1v) is 9.45. The topological polar surface area (TPSA) is 84.9 Å². The standard InChI is InChI=1S/C23H26N2O5/c1-4-11-25(12-10-17-8-6-5-7-9-17)16-21(26)24-20-14-18(22(27)29-2)13-19(15-20)23(28)30-3/h4-9,13-15H,1,10-12,16H2,2-3H3,(H,24,26). The molecule has 0 aromatic heterocycles. The summed E-state index contributed by atoms with van der Waals surface area (Å²) in [6.07, 6.45) is 2.54. The van der Waals surface area contributed by atoms with Crippen LogP contribution in [0.25, 0.3) is 0 Å². The average Bonchev–Trinajstić information content (AvgIpc) is 2.76. The van der Waals surface area contributed by atoms with Crippen molar-refractivity contribution in [3.63, 3.8) is 0 Å². The second kappa shape index (κ2) is 11.5. The average molecular weight is 410 g/mol. The van der Waals surface area contributed by atoms with Crippen LogP contribution in [0.5, 0.6) is 0 Å². The molecule has 0 unspecified atom stereocenters. The summed E-state index contributed by atoms with van der Waals surface area (Å²) in [6.45, 7) is 5.12. The van der Waals surface area contributed by atoms with Crippen molar-refractivity contribution in [3.05, 3.63) is 77.9 Å². The number of nitrogens with one attached hydrogen (secondary N) is 1. The Morgan fingerprint density at radius 1 is 1.00 bits per heavy atom. The van der Waals surface area contributed by atoms with Gasteiger partial charge in [0.2, 0.25) is 5.91 Å². The van der Waals surface area contributed by atoms with Crippen molar-refractivity contribution in [2.75, 3.05) is 39.2 Å². The van der Waals surface area contributed by atoms with Gasteiger partial charge in [0.15, 0.2) is 0 Å². The molecule has 7 heteroatoms. The first kappa shape index (κ1) is 22.8. The van der Waals surface area contributed by atoms with E-state index in [0.29, 0.717) is 18.8 Å². The lowest BCUT2D eigenvalue weighted by atomic mass is 10.1. The van der Waals surface area contributed by atoms with E-state index >= 15 is 0 Å². The van der Waals surface area contributed by atoms with E-state index in [9.17, 15) is 14.4 Å². The first-order chi connectivity index (χ1) is 14.5. The molecule has 0 saturated heterocycles. The summed E-state index contributed by atoms with van der Waals surface area (Å²) < 4.78 is 9.42. The van der Waals surface area contributed by atoms with Gasteiger partial charge in [-0.25, -0.2) is 9.59 Å². The van der Waals surface area contributed by atoms with Gasteiger partial charge in [0.1, 0.15) is 0 Å². The fourth-order valence-corrected chi connectivity index (χ4v) is 2.92. The van der Waals surface area contributed by atoms with Crippen molar-refractivity contribution >= 4 is 23.5 Å². The van der Waals surface area contributed by atoms with Gasteiger partial charge in [-0.15, -0.1) is 6.58 Å². The Balaban J connectivity index is 2.09. The Kier molecular flexibility index (Phi) is 8.77. The highest BCUT2D eigenvalue weighted by atomic mass is 16.5. The second-order valence-corrected chi connectivity index (χ2v) is 6.59. The highest BCUT2D eigenvalue weighted by Crippen LogP contribution is 2.17. The number of anilines is 1. The Morgan fingerprint density at radius 3 is 2.13 bits per heavy atom. The molecule has 0 bridgehead atoms. The molecule has 0 spiro atoms. The highest BCUT2D eigenvalue weighted by Gasteiger charge is 2.16. The molecule has 2 aromatic rings. The van der Waals surface area contributed by atoms with Crippen molar-refractivity contribution in [2.24, 2.45) is 0 Å². The van der Waals surface area contributed by atoms with Crippen LogP contribution in [0.3, 0.4) is 0 Å². The number of nitrogens with zero attached hydrogens (tertiary/aromatic N) is 1. The Morgan fingerprint density at radius 2 is 1.60 bits per heavy atom. The third-order valence-electron chi connectivity index (χ3n) is 4.37. The molecule has 158 valence electrons. The monoisotopic (exact) mass is 410 g/mol. The van der Waals surface area contributed by atoms with E-state index in [4.69, 9.17) is 9.47 Å². The van der Waals surface area contributed by atoms with Crippen molar-refractivity contribution in [1.82, 2.24) is 4.90 Å². The van der Waals surface area contributed by atoms with Gasteiger partial charge in [-0.3, -0.25) is 9.69 Å². The molecule has 0 atom stereocenters. The van der Waals surface area contributed by atoms with E-state index in [0.717, 1.165) is 6.42 Å². The lowest BCUT2D eigenvalue weighted by molar-refractivity contribution is -0.117. The van der Waals surface area contributed by atoms with Gasteiger partial charge in [-0.1, -0.05) is 36.4 Å². The third kappa shape index (κ3) is 6.86. The quantitative estimate of drug-likeness (QED) is 0.479. The molecule has 30 heavy (non-hydrogen) atoms. The smallest absolute Gasteiger partial charge is 0.337 e. The Bertz CT molecular complexity index is 861. The number of ether oxygens (including phenoxy) is 2. The molecule has 0 radical (unpaired) electrons. The van der Waals surface area contributed by atoms with Crippen molar-refractivity contribution in [2.45, 2.75) is 6.42 Å². The largest absolute Gasteiger partial charge is 0.465 e. The van der Waals surface area contributed by atoms with Crippen LogP contribution in [0.2, 0.25) is 0 Å². The summed E-state index contributed by atoms with van der Waals surface area (Å²) in [5.41, 5.74) is 1.77. The molecule has 2 aromatic carbocycles. The number of benzene rings is 2. The summed E-state index contributed by atoms with van der Waals surface area (Å²) in [4.78, 5) is 38.3. The zero-order valence-electron chi connectivity index (χ0n) is 17.2. The lowest BCUT2D eigenvalue weighted by Crippen LogP contribution is -2.35. The molecule has 0 fully saturated rings. The molecular weight excluding hydrogens is 384 g/mol. The van der Waals surface area contributed by atoms with Gasteiger partial charge in [0.25, 0.3) is 0 Å². The molecule has 1 N–H and O–H groups in total. The normalized spacial score (nSPS) is 10.4. The molecule has 0 aliphatic carbocycles. The first-order valence-electron chi connectivity index (χ1n) is 9.45. The van der Waals surface area contributed by atoms with Gasteiger partial charge >= 0.3 is 11.9 Å². The van der Waals surface area contributed by atoms with E-state index in [2.05, 4.69) is 11.9 Å². The number of hydrogen-bond donors (Lipinski definition) is 1. The van der Waals surface area contributed by atoms with Gasteiger partial charge in [-0.05, 0) is 30.2 Å². The van der Waals surface area contributed by atoms with Crippen LogP contribution in [0.15, 0.2) is 61.2 Å². The molecule has 0 aliphatic heterocycles. The highest BCUT2D eigenvalue weighted by molar-refractivity contribution is 5.99. The summed E-state index contributed by atoms with van der Waals surface area (Å²) in [6, 6.07) is 14.3. The molecule has 0 aliphatic rings. The molecule has 7 nitrogen and oxygen atoms in total. The number of amides is 1.